The number of ether oxygens (including phenoxy) is 3. The average molecular weight is 357 g/mol. The van der Waals surface area contributed by atoms with Crippen LogP contribution in [0, 0.1) is 5.92 Å². The minimum absolute atomic E-state index is 0.0542. The molecule has 1 N–H and O–H groups in total. The minimum atomic E-state index is -0.734. The Kier molecular flexibility index (Phi) is 6.80. The standard InChI is InChI=1S/C15H23N3O5S/c1-10(2)12(13(19)21-3)17-15(20)23-8-11-9-24-14(16-11)18-4-6-22-7-5-18/h9-10,12H,4-8H2,1-3H3,(H,17,20). The summed E-state index contributed by atoms with van der Waals surface area (Å²) in [5, 5.41) is 5.28. The number of methoxy groups -OCH3 is 1. The molecule has 2 heterocycles. The Balaban J connectivity index is 1.83. The van der Waals surface area contributed by atoms with E-state index in [1.807, 2.05) is 19.2 Å². The smallest absolute Gasteiger partial charge is 0.408 e. The predicted octanol–water partition coefficient (Wildman–Crippen LogP) is 1.40. The third-order valence-electron chi connectivity index (χ3n) is 3.57. The summed E-state index contributed by atoms with van der Waals surface area (Å²) in [6.45, 7) is 6.69. The monoisotopic (exact) mass is 357 g/mol. The summed E-state index contributed by atoms with van der Waals surface area (Å²) in [4.78, 5) is 30.1. The number of amides is 1. The molecular weight excluding hydrogens is 334 g/mol. The molecule has 134 valence electrons. The first-order valence-corrected chi connectivity index (χ1v) is 8.67. The zero-order valence-electron chi connectivity index (χ0n) is 14.1. The lowest BCUT2D eigenvalue weighted by atomic mass is 10.1. The van der Waals surface area contributed by atoms with E-state index in [4.69, 9.17) is 9.47 Å². The van der Waals surface area contributed by atoms with Crippen molar-refractivity contribution in [1.82, 2.24) is 10.3 Å². The van der Waals surface area contributed by atoms with Gasteiger partial charge in [0.25, 0.3) is 0 Å². The third kappa shape index (κ3) is 5.07. The van der Waals surface area contributed by atoms with Gasteiger partial charge in [0.15, 0.2) is 5.13 Å². The van der Waals surface area contributed by atoms with Gasteiger partial charge in [0, 0.05) is 18.5 Å². The van der Waals surface area contributed by atoms with Crippen LogP contribution in [0.4, 0.5) is 9.93 Å². The molecule has 0 spiro atoms. The number of alkyl carbamates (subject to hydrolysis) is 1. The number of thiazole rings is 1. The minimum Gasteiger partial charge on any atom is -0.467 e. The topological polar surface area (TPSA) is 90.0 Å². The summed E-state index contributed by atoms with van der Waals surface area (Å²) < 4.78 is 15.1. The predicted molar refractivity (Wildman–Crippen MR) is 89.1 cm³/mol. The van der Waals surface area contributed by atoms with Crippen LogP contribution in [0.1, 0.15) is 19.5 Å². The first-order chi connectivity index (χ1) is 11.5. The van der Waals surface area contributed by atoms with Crippen LogP contribution >= 0.6 is 11.3 Å². The van der Waals surface area contributed by atoms with Gasteiger partial charge < -0.3 is 24.4 Å². The molecule has 24 heavy (non-hydrogen) atoms. The first kappa shape index (κ1) is 18.5. The quantitative estimate of drug-likeness (QED) is 0.770. The number of carbonyl (C=O) groups excluding carboxylic acids is 2. The van der Waals surface area contributed by atoms with E-state index >= 15 is 0 Å². The summed E-state index contributed by atoms with van der Waals surface area (Å²) in [6.07, 6.45) is -0.667. The number of rotatable bonds is 6. The van der Waals surface area contributed by atoms with Crippen molar-refractivity contribution in [2.75, 3.05) is 38.3 Å². The fourth-order valence-corrected chi connectivity index (χ4v) is 3.06. The van der Waals surface area contributed by atoms with Crippen LogP contribution in [0.5, 0.6) is 0 Å². The number of anilines is 1. The fourth-order valence-electron chi connectivity index (χ4n) is 2.20. The molecule has 1 aliphatic rings. The number of carbonyl (C=O) groups is 2. The van der Waals surface area contributed by atoms with Gasteiger partial charge in [-0.1, -0.05) is 13.8 Å². The van der Waals surface area contributed by atoms with Crippen LogP contribution in [0.3, 0.4) is 0 Å². The Hall–Kier alpha value is -1.87. The molecule has 1 unspecified atom stereocenters. The number of esters is 1. The molecule has 1 fully saturated rings. The molecule has 1 saturated heterocycles. The third-order valence-corrected chi connectivity index (χ3v) is 4.52. The molecule has 1 atom stereocenters. The molecule has 9 heteroatoms. The molecule has 1 aliphatic heterocycles. The normalized spacial score (nSPS) is 15.9. The van der Waals surface area contributed by atoms with Gasteiger partial charge in [-0.3, -0.25) is 0 Å². The highest BCUT2D eigenvalue weighted by Gasteiger charge is 2.25. The van der Waals surface area contributed by atoms with Crippen LogP contribution in [0.25, 0.3) is 0 Å². The van der Waals surface area contributed by atoms with Gasteiger partial charge in [-0.05, 0) is 5.92 Å². The number of hydrogen-bond donors (Lipinski definition) is 1. The van der Waals surface area contributed by atoms with Crippen molar-refractivity contribution in [3.05, 3.63) is 11.1 Å². The molecule has 0 aromatic carbocycles. The Labute approximate surface area is 145 Å². The molecule has 0 bridgehead atoms. The average Bonchev–Trinajstić information content (AvgIpc) is 3.06. The molecule has 0 saturated carbocycles. The highest BCUT2D eigenvalue weighted by atomic mass is 32.1. The molecule has 0 aliphatic carbocycles. The summed E-state index contributed by atoms with van der Waals surface area (Å²) in [5.41, 5.74) is 0.677. The highest BCUT2D eigenvalue weighted by molar-refractivity contribution is 7.13. The van der Waals surface area contributed by atoms with Crippen molar-refractivity contribution >= 4 is 28.5 Å². The lowest BCUT2D eigenvalue weighted by molar-refractivity contribution is -0.144. The number of morpholine rings is 1. The lowest BCUT2D eigenvalue weighted by Crippen LogP contribution is -2.45. The molecule has 2 rings (SSSR count). The van der Waals surface area contributed by atoms with Crippen molar-refractivity contribution in [2.45, 2.75) is 26.5 Å². The van der Waals surface area contributed by atoms with E-state index in [2.05, 4.69) is 19.9 Å². The maximum absolute atomic E-state index is 11.9. The molecule has 0 radical (unpaired) electrons. The zero-order chi connectivity index (χ0) is 17.5. The summed E-state index contributed by atoms with van der Waals surface area (Å²) in [6, 6.07) is -0.734. The Morgan fingerprint density at radius 2 is 2.12 bits per heavy atom. The highest BCUT2D eigenvalue weighted by Crippen LogP contribution is 2.21. The number of aromatic nitrogens is 1. The van der Waals surface area contributed by atoms with E-state index < -0.39 is 18.1 Å². The summed E-state index contributed by atoms with van der Waals surface area (Å²) in [7, 11) is 1.28. The second-order valence-electron chi connectivity index (χ2n) is 5.69. The number of nitrogens with one attached hydrogen (secondary N) is 1. The van der Waals surface area contributed by atoms with Gasteiger partial charge in [0.05, 0.1) is 26.0 Å². The molecule has 8 nitrogen and oxygen atoms in total. The molecular formula is C15H23N3O5S. The van der Waals surface area contributed by atoms with Gasteiger partial charge in [-0.15, -0.1) is 11.3 Å². The van der Waals surface area contributed by atoms with E-state index in [-0.39, 0.29) is 12.5 Å². The largest absolute Gasteiger partial charge is 0.467 e. The SMILES string of the molecule is COC(=O)C(NC(=O)OCc1csc(N2CCOCC2)n1)C(C)C. The molecule has 1 aromatic heterocycles. The maximum atomic E-state index is 11.9. The van der Waals surface area contributed by atoms with Crippen molar-refractivity contribution in [2.24, 2.45) is 5.92 Å². The van der Waals surface area contributed by atoms with Gasteiger partial charge >= 0.3 is 12.1 Å². The van der Waals surface area contributed by atoms with Crippen LogP contribution in [0.2, 0.25) is 0 Å². The van der Waals surface area contributed by atoms with Crippen LogP contribution in [-0.4, -0.2) is 56.5 Å². The van der Waals surface area contributed by atoms with E-state index in [0.29, 0.717) is 18.9 Å². The van der Waals surface area contributed by atoms with Gasteiger partial charge in [0.1, 0.15) is 12.6 Å². The van der Waals surface area contributed by atoms with Gasteiger partial charge in [0.2, 0.25) is 0 Å². The second-order valence-corrected chi connectivity index (χ2v) is 6.52. The Morgan fingerprint density at radius 3 is 2.75 bits per heavy atom. The summed E-state index contributed by atoms with van der Waals surface area (Å²) >= 11 is 1.51. The van der Waals surface area contributed by atoms with E-state index in [9.17, 15) is 9.59 Å². The molecule has 1 amide bonds. The van der Waals surface area contributed by atoms with Gasteiger partial charge in [-0.25, -0.2) is 14.6 Å². The molecule has 1 aromatic rings. The van der Waals surface area contributed by atoms with Crippen molar-refractivity contribution < 1.29 is 23.8 Å². The zero-order valence-corrected chi connectivity index (χ0v) is 14.9. The Morgan fingerprint density at radius 1 is 1.42 bits per heavy atom. The Bertz CT molecular complexity index is 557. The van der Waals surface area contributed by atoms with Crippen LogP contribution in [-0.2, 0) is 25.6 Å². The second kappa shape index (κ2) is 8.84. The maximum Gasteiger partial charge on any atom is 0.408 e. The van der Waals surface area contributed by atoms with Crippen molar-refractivity contribution in [1.29, 1.82) is 0 Å². The lowest BCUT2D eigenvalue weighted by Gasteiger charge is -2.26. The summed E-state index contributed by atoms with van der Waals surface area (Å²) in [5.74, 6) is -0.595. The number of hydrogen-bond acceptors (Lipinski definition) is 8. The van der Waals surface area contributed by atoms with Crippen molar-refractivity contribution in [3.8, 4) is 0 Å². The van der Waals surface area contributed by atoms with E-state index in [1.165, 1.54) is 18.4 Å². The van der Waals surface area contributed by atoms with Gasteiger partial charge in [-0.2, -0.15) is 0 Å². The van der Waals surface area contributed by atoms with Crippen LogP contribution in [0.15, 0.2) is 5.38 Å². The number of nitrogens with zero attached hydrogens (tertiary/aromatic N) is 2. The first-order valence-electron chi connectivity index (χ1n) is 7.79. The van der Waals surface area contributed by atoms with E-state index in [0.717, 1.165) is 18.2 Å². The van der Waals surface area contributed by atoms with Crippen LogP contribution < -0.4 is 10.2 Å². The van der Waals surface area contributed by atoms with E-state index in [1.54, 1.807) is 0 Å². The fraction of sp³-hybridized carbons (Fsp3) is 0.667. The van der Waals surface area contributed by atoms with Crippen molar-refractivity contribution in [3.63, 3.8) is 0 Å².